The van der Waals surface area contributed by atoms with E-state index in [9.17, 15) is 9.59 Å². The lowest BCUT2D eigenvalue weighted by atomic mass is 10.0. The molecule has 0 aliphatic carbocycles. The fourth-order valence-electron chi connectivity index (χ4n) is 2.60. The Morgan fingerprint density at radius 1 is 0.889 bits per heavy atom. The van der Waals surface area contributed by atoms with E-state index in [0.29, 0.717) is 23.6 Å². The SMILES string of the molecule is CC(C)CC(=O)Nc1ccc(C(=O)N/N=C(/c2ccccc2)C(C)C)cc1. The molecule has 0 bridgehead atoms. The molecule has 2 aromatic rings. The van der Waals surface area contributed by atoms with Gasteiger partial charge in [-0.05, 0) is 41.7 Å². The van der Waals surface area contributed by atoms with Gasteiger partial charge in [0.1, 0.15) is 0 Å². The molecule has 5 nitrogen and oxygen atoms in total. The predicted molar refractivity (Wildman–Crippen MR) is 110 cm³/mol. The van der Waals surface area contributed by atoms with Gasteiger partial charge in [0.15, 0.2) is 0 Å². The summed E-state index contributed by atoms with van der Waals surface area (Å²) in [5.41, 5.74) is 5.59. The summed E-state index contributed by atoms with van der Waals surface area (Å²) in [6, 6.07) is 16.6. The molecular formula is C22H27N3O2. The molecule has 0 atom stereocenters. The van der Waals surface area contributed by atoms with Crippen LogP contribution in [0.1, 0.15) is 50.0 Å². The minimum atomic E-state index is -0.288. The van der Waals surface area contributed by atoms with Crippen molar-refractivity contribution in [3.05, 3.63) is 65.7 Å². The van der Waals surface area contributed by atoms with Crippen LogP contribution < -0.4 is 10.7 Å². The van der Waals surface area contributed by atoms with E-state index < -0.39 is 0 Å². The van der Waals surface area contributed by atoms with E-state index in [1.54, 1.807) is 24.3 Å². The first-order valence-electron chi connectivity index (χ1n) is 9.20. The molecular weight excluding hydrogens is 338 g/mol. The lowest BCUT2D eigenvalue weighted by Crippen LogP contribution is -2.22. The second-order valence-corrected chi connectivity index (χ2v) is 7.18. The Labute approximate surface area is 160 Å². The van der Waals surface area contributed by atoms with Crippen molar-refractivity contribution in [2.45, 2.75) is 34.1 Å². The van der Waals surface area contributed by atoms with Crippen molar-refractivity contribution in [1.29, 1.82) is 0 Å². The maximum atomic E-state index is 12.4. The highest BCUT2D eigenvalue weighted by molar-refractivity contribution is 6.03. The molecule has 0 aliphatic heterocycles. The van der Waals surface area contributed by atoms with Gasteiger partial charge >= 0.3 is 0 Å². The van der Waals surface area contributed by atoms with Crippen molar-refractivity contribution in [2.24, 2.45) is 16.9 Å². The molecule has 0 unspecified atom stereocenters. The summed E-state index contributed by atoms with van der Waals surface area (Å²) in [6.45, 7) is 8.06. The van der Waals surface area contributed by atoms with Crippen LogP contribution >= 0.6 is 0 Å². The lowest BCUT2D eigenvalue weighted by Gasteiger charge is -2.11. The van der Waals surface area contributed by atoms with Gasteiger partial charge in [0.2, 0.25) is 5.91 Å². The fourth-order valence-corrected chi connectivity index (χ4v) is 2.60. The van der Waals surface area contributed by atoms with Gasteiger partial charge in [-0.2, -0.15) is 5.10 Å². The number of carbonyl (C=O) groups is 2. The van der Waals surface area contributed by atoms with Crippen LogP contribution in [0, 0.1) is 11.8 Å². The Morgan fingerprint density at radius 3 is 2.07 bits per heavy atom. The molecule has 2 amide bonds. The number of nitrogens with one attached hydrogen (secondary N) is 2. The number of nitrogens with zero attached hydrogens (tertiary/aromatic N) is 1. The van der Waals surface area contributed by atoms with Crippen LogP contribution in [0.25, 0.3) is 0 Å². The van der Waals surface area contributed by atoms with Crippen LogP contribution in [-0.4, -0.2) is 17.5 Å². The summed E-state index contributed by atoms with van der Waals surface area (Å²) < 4.78 is 0. The van der Waals surface area contributed by atoms with E-state index in [-0.39, 0.29) is 17.7 Å². The number of anilines is 1. The Hall–Kier alpha value is -2.95. The van der Waals surface area contributed by atoms with Crippen molar-refractivity contribution >= 4 is 23.2 Å². The molecule has 27 heavy (non-hydrogen) atoms. The molecule has 0 saturated heterocycles. The second kappa shape index (κ2) is 9.67. The number of amides is 2. The molecule has 2 N–H and O–H groups in total. The van der Waals surface area contributed by atoms with Crippen LogP contribution in [0.2, 0.25) is 0 Å². The number of carbonyl (C=O) groups excluding carboxylic acids is 2. The first-order chi connectivity index (χ1) is 12.9. The van der Waals surface area contributed by atoms with Crippen LogP contribution in [-0.2, 0) is 4.79 Å². The van der Waals surface area contributed by atoms with Gasteiger partial charge < -0.3 is 5.32 Å². The molecule has 2 aromatic carbocycles. The Bertz CT molecular complexity index is 794. The topological polar surface area (TPSA) is 70.6 Å². The van der Waals surface area contributed by atoms with Crippen LogP contribution in [0.3, 0.4) is 0 Å². The molecule has 142 valence electrons. The average Bonchev–Trinajstić information content (AvgIpc) is 2.62. The number of rotatable bonds is 7. The maximum Gasteiger partial charge on any atom is 0.271 e. The molecule has 2 rings (SSSR count). The summed E-state index contributed by atoms with van der Waals surface area (Å²) in [5, 5.41) is 7.15. The zero-order valence-electron chi connectivity index (χ0n) is 16.3. The zero-order chi connectivity index (χ0) is 19.8. The van der Waals surface area contributed by atoms with Crippen molar-refractivity contribution in [3.63, 3.8) is 0 Å². The van der Waals surface area contributed by atoms with Gasteiger partial charge in [-0.15, -0.1) is 0 Å². The molecule has 0 aliphatic rings. The average molecular weight is 365 g/mol. The van der Waals surface area contributed by atoms with E-state index in [1.807, 2.05) is 58.0 Å². The van der Waals surface area contributed by atoms with E-state index in [4.69, 9.17) is 0 Å². The highest BCUT2D eigenvalue weighted by Crippen LogP contribution is 2.12. The smallest absolute Gasteiger partial charge is 0.271 e. The van der Waals surface area contributed by atoms with Crippen molar-refractivity contribution in [1.82, 2.24) is 5.43 Å². The van der Waals surface area contributed by atoms with E-state index in [0.717, 1.165) is 11.3 Å². The van der Waals surface area contributed by atoms with Crippen molar-refractivity contribution in [3.8, 4) is 0 Å². The molecule has 0 aromatic heterocycles. The first kappa shape index (κ1) is 20.4. The molecule has 0 fully saturated rings. The summed E-state index contributed by atoms with van der Waals surface area (Å²) in [5.74, 6) is 0.152. The second-order valence-electron chi connectivity index (χ2n) is 7.18. The Balaban J connectivity index is 2.04. The minimum Gasteiger partial charge on any atom is -0.326 e. The molecule has 0 spiro atoms. The number of benzene rings is 2. The molecule has 0 heterocycles. The van der Waals surface area contributed by atoms with Gasteiger partial charge in [-0.25, -0.2) is 5.43 Å². The first-order valence-corrected chi connectivity index (χ1v) is 9.20. The van der Waals surface area contributed by atoms with Gasteiger partial charge in [-0.1, -0.05) is 58.0 Å². The normalized spacial score (nSPS) is 11.6. The van der Waals surface area contributed by atoms with Gasteiger partial charge in [0.05, 0.1) is 5.71 Å². The summed E-state index contributed by atoms with van der Waals surface area (Å²) in [4.78, 5) is 24.2. The summed E-state index contributed by atoms with van der Waals surface area (Å²) >= 11 is 0. The minimum absolute atomic E-state index is 0.0313. The number of hydrogen-bond donors (Lipinski definition) is 2. The Kier molecular flexibility index (Phi) is 7.29. The van der Waals surface area contributed by atoms with E-state index in [2.05, 4.69) is 15.8 Å². The van der Waals surface area contributed by atoms with E-state index >= 15 is 0 Å². The van der Waals surface area contributed by atoms with Gasteiger partial charge in [0.25, 0.3) is 5.91 Å². The van der Waals surface area contributed by atoms with Gasteiger partial charge in [-0.3, -0.25) is 9.59 Å². The third-order valence-corrected chi connectivity index (χ3v) is 3.92. The number of hydrazone groups is 1. The Morgan fingerprint density at radius 2 is 1.52 bits per heavy atom. The third-order valence-electron chi connectivity index (χ3n) is 3.92. The molecule has 0 saturated carbocycles. The van der Waals surface area contributed by atoms with E-state index in [1.165, 1.54) is 0 Å². The van der Waals surface area contributed by atoms with Crippen molar-refractivity contribution in [2.75, 3.05) is 5.32 Å². The number of hydrogen-bond acceptors (Lipinski definition) is 3. The molecule has 0 radical (unpaired) electrons. The summed E-state index contributed by atoms with van der Waals surface area (Å²) in [6.07, 6.45) is 0.467. The highest BCUT2D eigenvalue weighted by atomic mass is 16.2. The van der Waals surface area contributed by atoms with Crippen molar-refractivity contribution < 1.29 is 9.59 Å². The maximum absolute atomic E-state index is 12.4. The highest BCUT2D eigenvalue weighted by Gasteiger charge is 2.11. The van der Waals surface area contributed by atoms with Crippen LogP contribution in [0.4, 0.5) is 5.69 Å². The largest absolute Gasteiger partial charge is 0.326 e. The van der Waals surface area contributed by atoms with Gasteiger partial charge in [0, 0.05) is 17.7 Å². The quantitative estimate of drug-likeness (QED) is 0.562. The lowest BCUT2D eigenvalue weighted by molar-refractivity contribution is -0.116. The third kappa shape index (κ3) is 6.37. The van der Waals surface area contributed by atoms with Crippen LogP contribution in [0.5, 0.6) is 0 Å². The predicted octanol–water partition coefficient (Wildman–Crippen LogP) is 4.46. The van der Waals surface area contributed by atoms with Crippen LogP contribution in [0.15, 0.2) is 59.7 Å². The fraction of sp³-hybridized carbons (Fsp3) is 0.318. The zero-order valence-corrected chi connectivity index (χ0v) is 16.3. The summed E-state index contributed by atoms with van der Waals surface area (Å²) in [7, 11) is 0. The monoisotopic (exact) mass is 365 g/mol. The standard InChI is InChI=1S/C22H27N3O2/c1-15(2)14-20(26)23-19-12-10-18(11-13-19)22(27)25-24-21(16(3)4)17-8-6-5-7-9-17/h5-13,15-16H,14H2,1-4H3,(H,23,26)(H,25,27)/b24-21+. The molecule has 5 heteroatoms.